The third-order valence-electron chi connectivity index (χ3n) is 2.76. The van der Waals surface area contributed by atoms with Crippen molar-refractivity contribution in [2.45, 2.75) is 0 Å². The maximum absolute atomic E-state index is 11.1. The van der Waals surface area contributed by atoms with Crippen LogP contribution < -0.4 is 4.74 Å². The molecule has 2 heterocycles. The summed E-state index contributed by atoms with van der Waals surface area (Å²) in [6.45, 7) is 0. The molecule has 5 nitrogen and oxygen atoms in total. The minimum Gasteiger partial charge on any atom is -0.477 e. The van der Waals surface area contributed by atoms with E-state index >= 15 is 0 Å². The van der Waals surface area contributed by atoms with Gasteiger partial charge in [-0.1, -0.05) is 12.1 Å². The first kappa shape index (κ1) is 12.1. The number of carboxylic acids is 1. The van der Waals surface area contributed by atoms with E-state index in [0.717, 1.165) is 5.39 Å². The van der Waals surface area contributed by atoms with Crippen molar-refractivity contribution in [1.82, 2.24) is 9.97 Å². The van der Waals surface area contributed by atoms with Crippen molar-refractivity contribution in [2.75, 3.05) is 0 Å². The van der Waals surface area contributed by atoms with Crippen molar-refractivity contribution in [1.29, 1.82) is 0 Å². The molecule has 1 N–H and O–H groups in total. The van der Waals surface area contributed by atoms with Gasteiger partial charge in [0.1, 0.15) is 11.5 Å². The minimum atomic E-state index is -1.09. The molecule has 0 radical (unpaired) electrons. The highest BCUT2D eigenvalue weighted by molar-refractivity contribution is 5.93. The molecule has 0 saturated carbocycles. The van der Waals surface area contributed by atoms with Gasteiger partial charge in [-0.25, -0.2) is 9.78 Å². The van der Waals surface area contributed by atoms with Gasteiger partial charge in [0.05, 0.1) is 11.7 Å². The van der Waals surface area contributed by atoms with E-state index in [0.29, 0.717) is 17.0 Å². The first-order chi connectivity index (χ1) is 9.74. The summed E-state index contributed by atoms with van der Waals surface area (Å²) in [6.07, 6.45) is 3.20. The van der Waals surface area contributed by atoms with Crippen LogP contribution in [0.15, 0.2) is 54.9 Å². The van der Waals surface area contributed by atoms with Crippen LogP contribution in [-0.2, 0) is 0 Å². The van der Waals surface area contributed by atoms with Gasteiger partial charge in [-0.15, -0.1) is 0 Å². The lowest BCUT2D eigenvalue weighted by molar-refractivity contribution is 0.0690. The monoisotopic (exact) mass is 266 g/mol. The number of aromatic carboxylic acids is 1. The number of aromatic nitrogens is 2. The van der Waals surface area contributed by atoms with Gasteiger partial charge in [0.2, 0.25) is 0 Å². The van der Waals surface area contributed by atoms with E-state index in [1.165, 1.54) is 6.07 Å². The topological polar surface area (TPSA) is 72.3 Å². The van der Waals surface area contributed by atoms with Crippen LogP contribution in [-0.4, -0.2) is 21.0 Å². The lowest BCUT2D eigenvalue weighted by Crippen LogP contribution is -2.01. The molecule has 0 amide bonds. The van der Waals surface area contributed by atoms with Gasteiger partial charge in [-0.3, -0.25) is 4.98 Å². The minimum absolute atomic E-state index is 0.0532. The van der Waals surface area contributed by atoms with Crippen molar-refractivity contribution >= 4 is 16.9 Å². The molecule has 2 aromatic heterocycles. The molecule has 98 valence electrons. The standard InChI is InChI=1S/C15H10N2O3/c18-15(19)13-8-14(20-10-4-3-7-16-9-10)11-5-1-2-6-12(11)17-13/h1-9H,(H,18,19). The zero-order chi connectivity index (χ0) is 13.9. The number of pyridine rings is 2. The molecule has 0 aliphatic rings. The molecule has 0 aliphatic heterocycles. The molecular weight excluding hydrogens is 256 g/mol. The van der Waals surface area contributed by atoms with Gasteiger partial charge >= 0.3 is 5.97 Å². The van der Waals surface area contributed by atoms with Crippen LogP contribution in [0.5, 0.6) is 11.5 Å². The van der Waals surface area contributed by atoms with Gasteiger partial charge in [-0.05, 0) is 24.3 Å². The average Bonchev–Trinajstić information content (AvgIpc) is 2.48. The first-order valence-electron chi connectivity index (χ1n) is 5.95. The Kier molecular flexibility index (Phi) is 3.01. The van der Waals surface area contributed by atoms with Crippen LogP contribution in [0.3, 0.4) is 0 Å². The Balaban J connectivity index is 2.15. The Morgan fingerprint density at radius 1 is 1.15 bits per heavy atom. The smallest absolute Gasteiger partial charge is 0.354 e. The average molecular weight is 266 g/mol. The Bertz CT molecular complexity index is 772. The van der Waals surface area contributed by atoms with Gasteiger partial charge < -0.3 is 9.84 Å². The van der Waals surface area contributed by atoms with Crippen LogP contribution in [0, 0.1) is 0 Å². The molecule has 3 aromatic rings. The zero-order valence-corrected chi connectivity index (χ0v) is 10.4. The number of para-hydroxylation sites is 1. The summed E-state index contributed by atoms with van der Waals surface area (Å²) in [4.78, 5) is 19.2. The Morgan fingerprint density at radius 2 is 2.00 bits per heavy atom. The number of rotatable bonds is 3. The predicted octanol–water partition coefficient (Wildman–Crippen LogP) is 3.12. The number of ether oxygens (including phenoxy) is 1. The van der Waals surface area contributed by atoms with Gasteiger partial charge in [0.15, 0.2) is 5.69 Å². The molecule has 0 atom stereocenters. The SMILES string of the molecule is O=C(O)c1cc(Oc2cccnc2)c2ccccc2n1. The summed E-state index contributed by atoms with van der Waals surface area (Å²) in [5.74, 6) is -0.104. The second kappa shape index (κ2) is 4.97. The molecule has 0 saturated heterocycles. The molecule has 0 aliphatic carbocycles. The quantitative estimate of drug-likeness (QED) is 0.788. The van der Waals surface area contributed by atoms with E-state index in [4.69, 9.17) is 9.84 Å². The number of fused-ring (bicyclic) bond motifs is 1. The van der Waals surface area contributed by atoms with Crippen LogP contribution in [0.1, 0.15) is 10.5 Å². The molecule has 0 unspecified atom stereocenters. The molecule has 0 spiro atoms. The van der Waals surface area contributed by atoms with Crippen LogP contribution in [0.25, 0.3) is 10.9 Å². The van der Waals surface area contributed by atoms with E-state index < -0.39 is 5.97 Å². The second-order valence-corrected chi connectivity index (χ2v) is 4.12. The van der Waals surface area contributed by atoms with Crippen LogP contribution in [0.2, 0.25) is 0 Å². The van der Waals surface area contributed by atoms with E-state index in [9.17, 15) is 4.79 Å². The van der Waals surface area contributed by atoms with E-state index in [1.807, 2.05) is 12.1 Å². The van der Waals surface area contributed by atoms with Crippen molar-refractivity contribution < 1.29 is 14.6 Å². The molecule has 1 aromatic carbocycles. The Labute approximate surface area is 114 Å². The lowest BCUT2D eigenvalue weighted by atomic mass is 10.2. The first-order valence-corrected chi connectivity index (χ1v) is 5.95. The molecule has 0 bridgehead atoms. The number of carbonyl (C=O) groups is 1. The summed E-state index contributed by atoms with van der Waals surface area (Å²) >= 11 is 0. The van der Waals surface area contributed by atoms with Crippen molar-refractivity contribution in [2.24, 2.45) is 0 Å². The number of hydrogen-bond acceptors (Lipinski definition) is 4. The van der Waals surface area contributed by atoms with Crippen molar-refractivity contribution in [3.63, 3.8) is 0 Å². The maximum atomic E-state index is 11.1. The number of hydrogen-bond donors (Lipinski definition) is 1. The summed E-state index contributed by atoms with van der Waals surface area (Å²) in [5.41, 5.74) is 0.522. The zero-order valence-electron chi connectivity index (χ0n) is 10.4. The summed E-state index contributed by atoms with van der Waals surface area (Å²) in [5, 5.41) is 9.86. The highest BCUT2D eigenvalue weighted by atomic mass is 16.5. The van der Waals surface area contributed by atoms with Crippen LogP contribution in [0.4, 0.5) is 0 Å². The van der Waals surface area contributed by atoms with E-state index in [-0.39, 0.29) is 5.69 Å². The van der Waals surface area contributed by atoms with Gasteiger partial charge in [0, 0.05) is 17.6 Å². The van der Waals surface area contributed by atoms with Crippen molar-refractivity contribution in [3.8, 4) is 11.5 Å². The fourth-order valence-corrected chi connectivity index (χ4v) is 1.87. The third kappa shape index (κ3) is 2.29. The number of nitrogens with zero attached hydrogens (tertiary/aromatic N) is 2. The highest BCUT2D eigenvalue weighted by Gasteiger charge is 2.12. The maximum Gasteiger partial charge on any atom is 0.354 e. The summed E-state index contributed by atoms with van der Waals surface area (Å²) in [7, 11) is 0. The largest absolute Gasteiger partial charge is 0.477 e. The van der Waals surface area contributed by atoms with Crippen LogP contribution >= 0.6 is 0 Å². The summed E-state index contributed by atoms with van der Waals surface area (Å²) in [6, 6.07) is 12.1. The normalized spacial score (nSPS) is 10.4. The van der Waals surface area contributed by atoms with E-state index in [1.54, 1.807) is 36.7 Å². The number of benzene rings is 1. The molecule has 3 rings (SSSR count). The van der Waals surface area contributed by atoms with E-state index in [2.05, 4.69) is 9.97 Å². The van der Waals surface area contributed by atoms with Gasteiger partial charge in [0.25, 0.3) is 0 Å². The number of carboxylic acid groups (broad SMARTS) is 1. The third-order valence-corrected chi connectivity index (χ3v) is 2.76. The predicted molar refractivity (Wildman–Crippen MR) is 73.0 cm³/mol. The molecular formula is C15H10N2O3. The Hall–Kier alpha value is -2.95. The Morgan fingerprint density at radius 3 is 2.75 bits per heavy atom. The highest BCUT2D eigenvalue weighted by Crippen LogP contribution is 2.29. The van der Waals surface area contributed by atoms with Gasteiger partial charge in [-0.2, -0.15) is 0 Å². The molecule has 0 fully saturated rings. The fraction of sp³-hybridized carbons (Fsp3) is 0. The summed E-state index contributed by atoms with van der Waals surface area (Å²) < 4.78 is 5.72. The second-order valence-electron chi connectivity index (χ2n) is 4.12. The lowest BCUT2D eigenvalue weighted by Gasteiger charge is -2.09. The molecule has 5 heteroatoms. The fourth-order valence-electron chi connectivity index (χ4n) is 1.87. The molecule has 20 heavy (non-hydrogen) atoms. The van der Waals surface area contributed by atoms with Crippen molar-refractivity contribution in [3.05, 3.63) is 60.6 Å².